The van der Waals surface area contributed by atoms with Crippen LogP contribution in [0.15, 0.2) is 36.9 Å². The summed E-state index contributed by atoms with van der Waals surface area (Å²) in [5.41, 5.74) is 5.42. The number of pyridine rings is 1. The van der Waals surface area contributed by atoms with Crippen molar-refractivity contribution in [3.63, 3.8) is 0 Å². The van der Waals surface area contributed by atoms with Crippen LogP contribution in [0.2, 0.25) is 0 Å². The fourth-order valence-corrected chi connectivity index (χ4v) is 4.70. The molecule has 1 fully saturated rings. The molecule has 0 aromatic carbocycles. The maximum atomic E-state index is 13.1. The van der Waals surface area contributed by atoms with E-state index in [0.29, 0.717) is 42.2 Å². The third-order valence-corrected chi connectivity index (χ3v) is 6.60. The highest BCUT2D eigenvalue weighted by Gasteiger charge is 2.30. The van der Waals surface area contributed by atoms with Crippen LogP contribution in [0.4, 0.5) is 0 Å². The number of nitrogens with zero attached hydrogens (tertiary/aromatic N) is 8. The molecule has 35 heavy (non-hydrogen) atoms. The number of hydrogen-bond acceptors (Lipinski definition) is 7. The highest BCUT2D eigenvalue weighted by molar-refractivity contribution is 5.97. The number of aromatic nitrogens is 8. The fourth-order valence-electron chi connectivity index (χ4n) is 4.70. The number of aromatic amines is 1. The highest BCUT2D eigenvalue weighted by atomic mass is 16.5. The van der Waals surface area contributed by atoms with Crippen molar-refractivity contribution in [2.45, 2.75) is 32.9 Å². The molecule has 6 rings (SSSR count). The summed E-state index contributed by atoms with van der Waals surface area (Å²) in [6, 6.07) is 5.54. The van der Waals surface area contributed by atoms with E-state index in [1.807, 2.05) is 41.5 Å². The lowest BCUT2D eigenvalue weighted by Crippen LogP contribution is -2.31. The number of carbonyl (C=O) groups is 1. The van der Waals surface area contributed by atoms with Gasteiger partial charge in [-0.2, -0.15) is 10.1 Å². The van der Waals surface area contributed by atoms with Crippen molar-refractivity contribution in [3.05, 3.63) is 48.3 Å². The normalized spacial score (nSPS) is 16.0. The third-order valence-electron chi connectivity index (χ3n) is 6.60. The SMILES string of the molecule is CCn1ncc(-c2nc3c(OC4CCN(C(=O)c5cc6ncccc6[nH]5)C4)ncnc3n2C)c1C. The summed E-state index contributed by atoms with van der Waals surface area (Å²) in [5.74, 6) is 1.12. The van der Waals surface area contributed by atoms with Crippen molar-refractivity contribution in [3.8, 4) is 17.3 Å². The van der Waals surface area contributed by atoms with Crippen molar-refractivity contribution in [2.24, 2.45) is 7.05 Å². The number of aryl methyl sites for hydroxylation is 2. The monoisotopic (exact) mass is 471 g/mol. The summed E-state index contributed by atoms with van der Waals surface area (Å²) in [7, 11) is 1.93. The summed E-state index contributed by atoms with van der Waals surface area (Å²) in [5, 5.41) is 4.44. The molecule has 0 bridgehead atoms. The van der Waals surface area contributed by atoms with E-state index in [0.717, 1.165) is 34.7 Å². The maximum absolute atomic E-state index is 13.1. The van der Waals surface area contributed by atoms with Crippen LogP contribution in [0, 0.1) is 6.92 Å². The number of carbonyl (C=O) groups excluding carboxylic acids is 1. The molecule has 5 aromatic rings. The van der Waals surface area contributed by atoms with Gasteiger partial charge < -0.3 is 19.2 Å². The molecule has 1 unspecified atom stereocenters. The van der Waals surface area contributed by atoms with E-state index >= 15 is 0 Å². The summed E-state index contributed by atoms with van der Waals surface area (Å²) >= 11 is 0. The number of ether oxygens (including phenoxy) is 1. The molecule has 11 nitrogen and oxygen atoms in total. The molecule has 1 aliphatic rings. The average molecular weight is 472 g/mol. The lowest BCUT2D eigenvalue weighted by Gasteiger charge is -2.16. The van der Waals surface area contributed by atoms with E-state index in [4.69, 9.17) is 9.72 Å². The standard InChI is InChI=1S/C24H25N9O2/c1-4-33-14(2)16(11-28-33)21-30-20-22(31(21)3)26-13-27-23(20)35-15-7-9-32(12-15)24(34)19-10-18-17(29-19)6-5-8-25-18/h5-6,8,10-11,13,15,29H,4,7,9,12H2,1-3H3. The molecule has 11 heteroatoms. The number of nitrogens with one attached hydrogen (secondary N) is 1. The predicted molar refractivity (Wildman–Crippen MR) is 129 cm³/mol. The third kappa shape index (κ3) is 3.50. The minimum atomic E-state index is -0.186. The topological polar surface area (TPSA) is 120 Å². The first-order valence-electron chi connectivity index (χ1n) is 11.6. The van der Waals surface area contributed by atoms with Crippen LogP contribution in [0.1, 0.15) is 29.5 Å². The van der Waals surface area contributed by atoms with Gasteiger partial charge in [-0.05, 0) is 32.0 Å². The molecule has 0 aliphatic carbocycles. The van der Waals surface area contributed by atoms with Gasteiger partial charge in [0.1, 0.15) is 23.9 Å². The lowest BCUT2D eigenvalue weighted by molar-refractivity contribution is 0.0767. The van der Waals surface area contributed by atoms with Crippen LogP contribution >= 0.6 is 0 Å². The maximum Gasteiger partial charge on any atom is 0.270 e. The quantitative estimate of drug-likeness (QED) is 0.418. The summed E-state index contributed by atoms with van der Waals surface area (Å²) in [6.07, 6.45) is 5.55. The van der Waals surface area contributed by atoms with E-state index in [2.05, 4.69) is 32.0 Å². The number of fused-ring (bicyclic) bond motifs is 2. The van der Waals surface area contributed by atoms with Crippen LogP contribution in [0.3, 0.4) is 0 Å². The van der Waals surface area contributed by atoms with Gasteiger partial charge in [0, 0.05) is 38.4 Å². The minimum Gasteiger partial charge on any atom is -0.471 e. The first kappa shape index (κ1) is 21.3. The number of amides is 1. The summed E-state index contributed by atoms with van der Waals surface area (Å²) < 4.78 is 10.1. The molecule has 1 N–H and O–H groups in total. The van der Waals surface area contributed by atoms with E-state index in [1.165, 1.54) is 6.33 Å². The van der Waals surface area contributed by atoms with Gasteiger partial charge in [-0.1, -0.05) is 0 Å². The molecule has 5 aromatic heterocycles. The molecule has 178 valence electrons. The Labute approximate surface area is 200 Å². The van der Waals surface area contributed by atoms with Crippen LogP contribution in [-0.2, 0) is 13.6 Å². The Morgan fingerprint density at radius 1 is 1.29 bits per heavy atom. The van der Waals surface area contributed by atoms with Gasteiger partial charge in [0.15, 0.2) is 11.2 Å². The zero-order valence-electron chi connectivity index (χ0n) is 19.8. The van der Waals surface area contributed by atoms with Crippen molar-refractivity contribution in [2.75, 3.05) is 13.1 Å². The molecular weight excluding hydrogens is 446 g/mol. The lowest BCUT2D eigenvalue weighted by atomic mass is 10.2. The van der Waals surface area contributed by atoms with E-state index in [-0.39, 0.29) is 12.0 Å². The smallest absolute Gasteiger partial charge is 0.270 e. The minimum absolute atomic E-state index is 0.0644. The molecule has 6 heterocycles. The first-order chi connectivity index (χ1) is 17.0. The Hall–Kier alpha value is -4.28. The van der Waals surface area contributed by atoms with E-state index in [9.17, 15) is 4.79 Å². The number of imidazole rings is 1. The number of likely N-dealkylation sites (tertiary alicyclic amines) is 1. The summed E-state index contributed by atoms with van der Waals surface area (Å²) in [4.78, 5) is 35.9. The van der Waals surface area contributed by atoms with Gasteiger partial charge in [-0.15, -0.1) is 0 Å². The van der Waals surface area contributed by atoms with E-state index in [1.54, 1.807) is 17.2 Å². The summed E-state index contributed by atoms with van der Waals surface area (Å²) in [6.45, 7) is 5.94. The number of hydrogen-bond donors (Lipinski definition) is 1. The second-order valence-corrected chi connectivity index (χ2v) is 8.70. The molecule has 1 atom stereocenters. The van der Waals surface area contributed by atoms with Crippen LogP contribution in [0.5, 0.6) is 5.88 Å². The second kappa shape index (κ2) is 8.19. The van der Waals surface area contributed by atoms with Crippen LogP contribution in [0.25, 0.3) is 33.6 Å². The van der Waals surface area contributed by atoms with Gasteiger partial charge in [-0.25, -0.2) is 9.97 Å². The van der Waals surface area contributed by atoms with Gasteiger partial charge in [0.25, 0.3) is 5.91 Å². The van der Waals surface area contributed by atoms with Gasteiger partial charge in [-0.3, -0.25) is 14.5 Å². The molecular formula is C24H25N9O2. The number of H-pyrrole nitrogens is 1. The Balaban J connectivity index is 1.24. The van der Waals surface area contributed by atoms with Crippen molar-refractivity contribution in [1.29, 1.82) is 0 Å². The largest absolute Gasteiger partial charge is 0.471 e. The van der Waals surface area contributed by atoms with Crippen LogP contribution < -0.4 is 4.74 Å². The fraction of sp³-hybridized carbons (Fsp3) is 0.333. The molecule has 0 saturated carbocycles. The molecule has 1 aliphatic heterocycles. The van der Waals surface area contributed by atoms with Gasteiger partial charge >= 0.3 is 0 Å². The molecule has 0 spiro atoms. The van der Waals surface area contributed by atoms with Crippen molar-refractivity contribution < 1.29 is 9.53 Å². The molecule has 1 saturated heterocycles. The molecule has 0 radical (unpaired) electrons. The first-order valence-corrected chi connectivity index (χ1v) is 11.6. The predicted octanol–water partition coefficient (Wildman–Crippen LogP) is 2.72. The average Bonchev–Trinajstić information content (AvgIpc) is 3.65. The Bertz CT molecular complexity index is 1530. The molecule has 1 amide bonds. The Morgan fingerprint density at radius 2 is 2.17 bits per heavy atom. The van der Waals surface area contributed by atoms with Crippen LogP contribution in [-0.4, -0.2) is 69.3 Å². The highest BCUT2D eigenvalue weighted by Crippen LogP contribution is 2.30. The second-order valence-electron chi connectivity index (χ2n) is 8.70. The van der Waals surface area contributed by atoms with Gasteiger partial charge in [0.05, 0.1) is 29.3 Å². The van der Waals surface area contributed by atoms with Crippen molar-refractivity contribution in [1.82, 2.24) is 44.2 Å². The van der Waals surface area contributed by atoms with E-state index < -0.39 is 0 Å². The van der Waals surface area contributed by atoms with Gasteiger partial charge in [0.2, 0.25) is 5.88 Å². The number of rotatable bonds is 5. The Kier molecular flexibility index (Phi) is 4.97. The zero-order valence-corrected chi connectivity index (χ0v) is 19.8. The van der Waals surface area contributed by atoms with Crippen molar-refractivity contribution >= 4 is 28.1 Å². The Morgan fingerprint density at radius 3 is 2.97 bits per heavy atom. The zero-order chi connectivity index (χ0) is 24.1.